The summed E-state index contributed by atoms with van der Waals surface area (Å²) in [6, 6.07) is 0. The van der Waals surface area contributed by atoms with Gasteiger partial charge < -0.3 is 0 Å². The summed E-state index contributed by atoms with van der Waals surface area (Å²) in [5.74, 6) is 0.784. The Balaban J connectivity index is 2.67. The Morgan fingerprint density at radius 1 is 1.60 bits per heavy atom. The molecule has 1 rings (SSSR count). The minimum Gasteiger partial charge on any atom is -0.0882 e. The number of allylic oxidation sites excluding steroid dienone is 2. The van der Waals surface area contributed by atoms with Crippen molar-refractivity contribution in [1.82, 2.24) is 0 Å². The van der Waals surface area contributed by atoms with E-state index in [9.17, 15) is 0 Å². The summed E-state index contributed by atoms with van der Waals surface area (Å²) in [7, 11) is 0. The summed E-state index contributed by atoms with van der Waals surface area (Å²) in [5, 5.41) is 0. The van der Waals surface area contributed by atoms with Gasteiger partial charge in [0.25, 0.3) is 0 Å². The predicted molar refractivity (Wildman–Crippen MR) is 45.9 cm³/mol. The van der Waals surface area contributed by atoms with Gasteiger partial charge in [0.05, 0.1) is 0 Å². The smallest absolute Gasteiger partial charge is 0.0208 e. The first kappa shape index (κ1) is 7.84. The molecule has 0 nitrogen and oxygen atoms in total. The van der Waals surface area contributed by atoms with Crippen LogP contribution in [-0.2, 0) is 0 Å². The molecule has 0 saturated carbocycles. The number of rotatable bonds is 1. The van der Waals surface area contributed by atoms with E-state index in [-0.39, 0.29) is 0 Å². The first-order valence-corrected chi connectivity index (χ1v) is 4.36. The van der Waals surface area contributed by atoms with Crippen molar-refractivity contribution in [3.8, 4) is 0 Å². The maximum absolute atomic E-state index is 2.40. The average molecular weight is 138 g/mol. The molecule has 0 aliphatic heterocycles. The lowest BCUT2D eigenvalue weighted by atomic mass is 9.70. The third-order valence-electron chi connectivity index (χ3n) is 3.21. The van der Waals surface area contributed by atoms with Crippen LogP contribution in [0.3, 0.4) is 0 Å². The molecular formula is C10H18. The summed E-state index contributed by atoms with van der Waals surface area (Å²) in [6.07, 6.45) is 8.67. The van der Waals surface area contributed by atoms with Gasteiger partial charge in [-0.25, -0.2) is 0 Å². The van der Waals surface area contributed by atoms with E-state index in [1.54, 1.807) is 0 Å². The van der Waals surface area contributed by atoms with E-state index in [4.69, 9.17) is 0 Å². The number of hydrogen-bond donors (Lipinski definition) is 0. The second-order valence-corrected chi connectivity index (χ2v) is 3.76. The zero-order valence-electron chi connectivity index (χ0n) is 7.35. The fourth-order valence-corrected chi connectivity index (χ4v) is 1.67. The Labute approximate surface area is 64.3 Å². The SMILES string of the molecule is CCC1(C)CCC=CC1C. The van der Waals surface area contributed by atoms with Crippen molar-refractivity contribution in [2.75, 3.05) is 0 Å². The van der Waals surface area contributed by atoms with Gasteiger partial charge in [-0.05, 0) is 24.2 Å². The molecule has 0 N–H and O–H groups in total. The van der Waals surface area contributed by atoms with E-state index in [0.29, 0.717) is 5.41 Å². The Morgan fingerprint density at radius 3 is 2.70 bits per heavy atom. The van der Waals surface area contributed by atoms with Crippen molar-refractivity contribution in [3.05, 3.63) is 12.2 Å². The highest BCUT2D eigenvalue weighted by molar-refractivity contribution is 5.00. The molecule has 0 heteroatoms. The molecule has 2 atom stereocenters. The number of hydrogen-bond acceptors (Lipinski definition) is 0. The zero-order chi connectivity index (χ0) is 7.61. The molecule has 0 saturated heterocycles. The molecule has 0 radical (unpaired) electrons. The monoisotopic (exact) mass is 138 g/mol. The van der Waals surface area contributed by atoms with E-state index in [2.05, 4.69) is 32.9 Å². The van der Waals surface area contributed by atoms with Gasteiger partial charge in [0.2, 0.25) is 0 Å². The van der Waals surface area contributed by atoms with Gasteiger partial charge in [-0.1, -0.05) is 39.3 Å². The first-order chi connectivity index (χ1) is 4.69. The van der Waals surface area contributed by atoms with Gasteiger partial charge in [0.15, 0.2) is 0 Å². The molecule has 0 aromatic carbocycles. The molecule has 0 fully saturated rings. The van der Waals surface area contributed by atoms with Crippen LogP contribution in [0.4, 0.5) is 0 Å². The average Bonchev–Trinajstić information content (AvgIpc) is 1.96. The summed E-state index contributed by atoms with van der Waals surface area (Å²) in [6.45, 7) is 7.04. The van der Waals surface area contributed by atoms with Crippen LogP contribution < -0.4 is 0 Å². The Bertz CT molecular complexity index is 135. The van der Waals surface area contributed by atoms with Crippen molar-refractivity contribution in [3.63, 3.8) is 0 Å². The summed E-state index contributed by atoms with van der Waals surface area (Å²) in [4.78, 5) is 0. The van der Waals surface area contributed by atoms with Crippen molar-refractivity contribution >= 4 is 0 Å². The van der Waals surface area contributed by atoms with E-state index < -0.39 is 0 Å². The first-order valence-electron chi connectivity index (χ1n) is 4.36. The standard InChI is InChI=1S/C10H18/c1-4-10(3)8-6-5-7-9(10)2/h5,7,9H,4,6,8H2,1-3H3. The normalized spacial score (nSPS) is 40.1. The van der Waals surface area contributed by atoms with E-state index in [0.717, 1.165) is 5.92 Å². The molecule has 58 valence electrons. The largest absolute Gasteiger partial charge is 0.0882 e. The molecule has 10 heavy (non-hydrogen) atoms. The molecular weight excluding hydrogens is 120 g/mol. The third kappa shape index (κ3) is 1.25. The molecule has 0 aromatic heterocycles. The molecule has 1 aliphatic carbocycles. The molecule has 0 spiro atoms. The van der Waals surface area contributed by atoms with Gasteiger partial charge >= 0.3 is 0 Å². The van der Waals surface area contributed by atoms with Crippen LogP contribution >= 0.6 is 0 Å². The lowest BCUT2D eigenvalue weighted by Gasteiger charge is -2.35. The highest BCUT2D eigenvalue weighted by atomic mass is 14.3. The van der Waals surface area contributed by atoms with E-state index >= 15 is 0 Å². The van der Waals surface area contributed by atoms with Crippen LogP contribution in [0, 0.1) is 11.3 Å². The minimum atomic E-state index is 0.592. The van der Waals surface area contributed by atoms with Gasteiger partial charge in [-0.2, -0.15) is 0 Å². The lowest BCUT2D eigenvalue weighted by molar-refractivity contribution is 0.204. The van der Waals surface area contributed by atoms with Crippen molar-refractivity contribution in [1.29, 1.82) is 0 Å². The topological polar surface area (TPSA) is 0 Å². The van der Waals surface area contributed by atoms with Gasteiger partial charge in [0, 0.05) is 0 Å². The third-order valence-corrected chi connectivity index (χ3v) is 3.21. The van der Waals surface area contributed by atoms with E-state index in [1.165, 1.54) is 19.3 Å². The van der Waals surface area contributed by atoms with E-state index in [1.807, 2.05) is 0 Å². The molecule has 1 aliphatic rings. The maximum atomic E-state index is 2.40. The van der Waals surface area contributed by atoms with Gasteiger partial charge in [-0.3, -0.25) is 0 Å². The van der Waals surface area contributed by atoms with Crippen molar-refractivity contribution in [2.45, 2.75) is 40.0 Å². The molecule has 0 heterocycles. The highest BCUT2D eigenvalue weighted by Crippen LogP contribution is 2.39. The molecule has 2 unspecified atom stereocenters. The van der Waals surface area contributed by atoms with Crippen LogP contribution in [0.2, 0.25) is 0 Å². The fourth-order valence-electron chi connectivity index (χ4n) is 1.67. The zero-order valence-corrected chi connectivity index (χ0v) is 7.35. The summed E-state index contributed by atoms with van der Waals surface area (Å²) >= 11 is 0. The Kier molecular flexibility index (Phi) is 2.18. The summed E-state index contributed by atoms with van der Waals surface area (Å²) in [5.41, 5.74) is 0.592. The predicted octanol–water partition coefficient (Wildman–Crippen LogP) is 3.39. The Hall–Kier alpha value is -0.260. The molecule has 0 amide bonds. The van der Waals surface area contributed by atoms with Crippen LogP contribution in [0.25, 0.3) is 0 Å². The minimum absolute atomic E-state index is 0.592. The van der Waals surface area contributed by atoms with Gasteiger partial charge in [-0.15, -0.1) is 0 Å². The quantitative estimate of drug-likeness (QED) is 0.487. The maximum Gasteiger partial charge on any atom is -0.0208 e. The second-order valence-electron chi connectivity index (χ2n) is 3.76. The second kappa shape index (κ2) is 2.77. The lowest BCUT2D eigenvalue weighted by Crippen LogP contribution is -2.25. The van der Waals surface area contributed by atoms with Crippen molar-refractivity contribution in [2.24, 2.45) is 11.3 Å². The van der Waals surface area contributed by atoms with Crippen molar-refractivity contribution < 1.29 is 0 Å². The molecule has 0 aromatic rings. The van der Waals surface area contributed by atoms with Gasteiger partial charge in [0.1, 0.15) is 0 Å². The van der Waals surface area contributed by atoms with Crippen LogP contribution in [0.1, 0.15) is 40.0 Å². The highest BCUT2D eigenvalue weighted by Gasteiger charge is 2.28. The fraction of sp³-hybridized carbons (Fsp3) is 0.800. The summed E-state index contributed by atoms with van der Waals surface area (Å²) < 4.78 is 0. The van der Waals surface area contributed by atoms with Crippen LogP contribution in [-0.4, -0.2) is 0 Å². The molecule has 0 bridgehead atoms. The van der Waals surface area contributed by atoms with Crippen LogP contribution in [0.5, 0.6) is 0 Å². The Morgan fingerprint density at radius 2 is 2.30 bits per heavy atom. The van der Waals surface area contributed by atoms with Crippen LogP contribution in [0.15, 0.2) is 12.2 Å².